The standard InChI is InChI=1S/C13H24N2O4/c1-3-5-11(12(16)17)14-10-6-8-15(9-7-10)13(18)19-4-2/h10-11,14H,3-9H2,1-2H3,(H,16,17). The van der Waals surface area contributed by atoms with Crippen molar-refractivity contribution in [1.29, 1.82) is 0 Å². The maximum Gasteiger partial charge on any atom is 0.409 e. The molecule has 0 radical (unpaired) electrons. The maximum atomic E-state index is 11.5. The van der Waals surface area contributed by atoms with Crippen LogP contribution in [0.1, 0.15) is 39.5 Å². The van der Waals surface area contributed by atoms with Crippen LogP contribution in [0.5, 0.6) is 0 Å². The van der Waals surface area contributed by atoms with Gasteiger partial charge in [0.15, 0.2) is 0 Å². The van der Waals surface area contributed by atoms with Crippen LogP contribution in [0, 0.1) is 0 Å². The van der Waals surface area contributed by atoms with Gasteiger partial charge in [-0.05, 0) is 26.2 Å². The molecule has 1 unspecified atom stereocenters. The first-order valence-corrected chi connectivity index (χ1v) is 6.99. The summed E-state index contributed by atoms with van der Waals surface area (Å²) < 4.78 is 4.95. The molecule has 0 spiro atoms. The average molecular weight is 272 g/mol. The number of piperidine rings is 1. The van der Waals surface area contributed by atoms with Crippen LogP contribution in [-0.2, 0) is 9.53 Å². The van der Waals surface area contributed by atoms with Gasteiger partial charge in [0.25, 0.3) is 0 Å². The predicted octanol–water partition coefficient (Wildman–Crippen LogP) is 1.45. The summed E-state index contributed by atoms with van der Waals surface area (Å²) in [6, 6.07) is -0.317. The summed E-state index contributed by atoms with van der Waals surface area (Å²) in [5, 5.41) is 12.3. The van der Waals surface area contributed by atoms with Crippen LogP contribution in [0.3, 0.4) is 0 Å². The van der Waals surface area contributed by atoms with Crippen LogP contribution in [0.2, 0.25) is 0 Å². The molecular weight excluding hydrogens is 248 g/mol. The highest BCUT2D eigenvalue weighted by molar-refractivity contribution is 5.73. The van der Waals surface area contributed by atoms with Gasteiger partial charge in [0, 0.05) is 19.1 Å². The molecule has 0 aromatic rings. The Hall–Kier alpha value is -1.30. The van der Waals surface area contributed by atoms with E-state index in [-0.39, 0.29) is 12.1 Å². The normalized spacial score (nSPS) is 18.1. The second-order valence-electron chi connectivity index (χ2n) is 4.81. The molecule has 1 rings (SSSR count). The monoisotopic (exact) mass is 272 g/mol. The van der Waals surface area contributed by atoms with Gasteiger partial charge < -0.3 is 20.1 Å². The van der Waals surface area contributed by atoms with E-state index in [2.05, 4.69) is 5.32 Å². The highest BCUT2D eigenvalue weighted by Gasteiger charge is 2.26. The first kappa shape index (κ1) is 15.8. The zero-order valence-corrected chi connectivity index (χ0v) is 11.7. The highest BCUT2D eigenvalue weighted by atomic mass is 16.6. The second kappa shape index (κ2) is 7.99. The number of carboxylic acid groups (broad SMARTS) is 1. The van der Waals surface area contributed by atoms with Crippen molar-refractivity contribution in [3.63, 3.8) is 0 Å². The first-order valence-electron chi connectivity index (χ1n) is 6.99. The summed E-state index contributed by atoms with van der Waals surface area (Å²) in [4.78, 5) is 24.3. The van der Waals surface area contributed by atoms with Crippen molar-refractivity contribution in [2.75, 3.05) is 19.7 Å². The van der Waals surface area contributed by atoms with Crippen LogP contribution in [0.25, 0.3) is 0 Å². The summed E-state index contributed by atoms with van der Waals surface area (Å²) in [5.74, 6) is -0.797. The van der Waals surface area contributed by atoms with E-state index in [1.54, 1.807) is 11.8 Å². The number of carbonyl (C=O) groups is 2. The number of hydrogen-bond acceptors (Lipinski definition) is 4. The molecule has 0 aliphatic carbocycles. The second-order valence-corrected chi connectivity index (χ2v) is 4.81. The van der Waals surface area contributed by atoms with Crippen molar-refractivity contribution in [1.82, 2.24) is 10.2 Å². The number of carbonyl (C=O) groups excluding carboxylic acids is 1. The molecule has 1 heterocycles. The lowest BCUT2D eigenvalue weighted by Gasteiger charge is -2.33. The number of rotatable bonds is 6. The molecule has 2 N–H and O–H groups in total. The van der Waals surface area contributed by atoms with E-state index in [0.29, 0.717) is 26.1 Å². The summed E-state index contributed by atoms with van der Waals surface area (Å²) in [5.41, 5.74) is 0. The number of nitrogens with one attached hydrogen (secondary N) is 1. The summed E-state index contributed by atoms with van der Waals surface area (Å²) >= 11 is 0. The van der Waals surface area contributed by atoms with Gasteiger partial charge in [-0.15, -0.1) is 0 Å². The van der Waals surface area contributed by atoms with E-state index < -0.39 is 12.0 Å². The number of carboxylic acids is 1. The molecule has 0 aromatic heterocycles. The van der Waals surface area contributed by atoms with Crippen LogP contribution >= 0.6 is 0 Å². The van der Waals surface area contributed by atoms with Gasteiger partial charge >= 0.3 is 12.1 Å². The van der Waals surface area contributed by atoms with E-state index in [9.17, 15) is 9.59 Å². The lowest BCUT2D eigenvalue weighted by Crippen LogP contribution is -2.49. The third-order valence-electron chi connectivity index (χ3n) is 3.33. The summed E-state index contributed by atoms with van der Waals surface area (Å²) in [6.07, 6.45) is 2.74. The van der Waals surface area contributed by atoms with Gasteiger partial charge in [-0.2, -0.15) is 0 Å². The van der Waals surface area contributed by atoms with Crippen LogP contribution in [-0.4, -0.2) is 53.8 Å². The zero-order valence-electron chi connectivity index (χ0n) is 11.7. The molecule has 0 bridgehead atoms. The molecular formula is C13H24N2O4. The quantitative estimate of drug-likeness (QED) is 0.765. The third kappa shape index (κ3) is 5.06. The number of amides is 1. The van der Waals surface area contributed by atoms with Gasteiger partial charge in [0.1, 0.15) is 6.04 Å². The summed E-state index contributed by atoms with van der Waals surface area (Å²) in [7, 11) is 0. The van der Waals surface area contributed by atoms with Gasteiger partial charge in [-0.3, -0.25) is 4.79 Å². The Morgan fingerprint density at radius 1 is 1.37 bits per heavy atom. The van der Waals surface area contributed by atoms with E-state index in [0.717, 1.165) is 19.3 Å². The Morgan fingerprint density at radius 2 is 2.00 bits per heavy atom. The van der Waals surface area contributed by atoms with Gasteiger partial charge in [-0.25, -0.2) is 4.79 Å². The predicted molar refractivity (Wildman–Crippen MR) is 71.1 cm³/mol. The molecule has 19 heavy (non-hydrogen) atoms. The molecule has 0 saturated carbocycles. The molecule has 110 valence electrons. The number of hydrogen-bond donors (Lipinski definition) is 2. The zero-order chi connectivity index (χ0) is 14.3. The molecule has 6 heteroatoms. The van der Waals surface area contributed by atoms with E-state index in [1.165, 1.54) is 0 Å². The Morgan fingerprint density at radius 3 is 2.47 bits per heavy atom. The summed E-state index contributed by atoms with van der Waals surface area (Å²) in [6.45, 7) is 5.38. The molecule has 6 nitrogen and oxygen atoms in total. The minimum atomic E-state index is -0.797. The van der Waals surface area contributed by atoms with E-state index >= 15 is 0 Å². The van der Waals surface area contributed by atoms with Crippen molar-refractivity contribution < 1.29 is 19.4 Å². The number of aliphatic carboxylic acids is 1. The van der Waals surface area contributed by atoms with E-state index in [1.807, 2.05) is 6.92 Å². The Balaban J connectivity index is 2.36. The Bertz CT molecular complexity index is 301. The minimum absolute atomic E-state index is 0.165. The molecule has 1 aliphatic heterocycles. The van der Waals surface area contributed by atoms with Gasteiger partial charge in [0.05, 0.1) is 6.61 Å². The highest BCUT2D eigenvalue weighted by Crippen LogP contribution is 2.13. The number of ether oxygens (including phenoxy) is 1. The smallest absolute Gasteiger partial charge is 0.409 e. The average Bonchev–Trinajstić information content (AvgIpc) is 2.39. The first-order chi connectivity index (χ1) is 9.08. The number of nitrogens with zero attached hydrogens (tertiary/aromatic N) is 1. The van der Waals surface area contributed by atoms with Gasteiger partial charge in [-0.1, -0.05) is 13.3 Å². The molecule has 1 aliphatic rings. The fourth-order valence-electron chi connectivity index (χ4n) is 2.29. The number of likely N-dealkylation sites (tertiary alicyclic amines) is 1. The van der Waals surface area contributed by atoms with Crippen LogP contribution in [0.4, 0.5) is 4.79 Å². The van der Waals surface area contributed by atoms with Crippen molar-refractivity contribution in [3.8, 4) is 0 Å². The van der Waals surface area contributed by atoms with E-state index in [4.69, 9.17) is 9.84 Å². The van der Waals surface area contributed by atoms with Crippen LogP contribution < -0.4 is 5.32 Å². The minimum Gasteiger partial charge on any atom is -0.480 e. The topological polar surface area (TPSA) is 78.9 Å². The maximum absolute atomic E-state index is 11.5. The Labute approximate surface area is 114 Å². The molecule has 1 amide bonds. The lowest BCUT2D eigenvalue weighted by atomic mass is 10.0. The van der Waals surface area contributed by atoms with Crippen molar-refractivity contribution in [2.45, 2.75) is 51.6 Å². The van der Waals surface area contributed by atoms with Crippen molar-refractivity contribution >= 4 is 12.1 Å². The SMILES string of the molecule is CCCC(NC1CCN(C(=O)OCC)CC1)C(=O)O. The Kier molecular flexibility index (Phi) is 6.62. The molecule has 0 aromatic carbocycles. The largest absolute Gasteiger partial charge is 0.480 e. The molecule has 1 fully saturated rings. The van der Waals surface area contributed by atoms with Crippen molar-refractivity contribution in [3.05, 3.63) is 0 Å². The van der Waals surface area contributed by atoms with Gasteiger partial charge in [0.2, 0.25) is 0 Å². The fourth-order valence-corrected chi connectivity index (χ4v) is 2.29. The third-order valence-corrected chi connectivity index (χ3v) is 3.33. The van der Waals surface area contributed by atoms with Crippen molar-refractivity contribution in [2.24, 2.45) is 0 Å². The molecule has 1 saturated heterocycles. The lowest BCUT2D eigenvalue weighted by molar-refractivity contribution is -0.140. The molecule has 1 atom stereocenters. The fraction of sp³-hybridized carbons (Fsp3) is 0.846. The van der Waals surface area contributed by atoms with Crippen LogP contribution in [0.15, 0.2) is 0 Å².